The zero-order valence-electron chi connectivity index (χ0n) is 16.6. The average molecular weight is 413 g/mol. The van der Waals surface area contributed by atoms with E-state index in [2.05, 4.69) is 15.5 Å². The Hall–Kier alpha value is -3.00. The average Bonchev–Trinajstić information content (AvgIpc) is 3.18. The topological polar surface area (TPSA) is 86.5 Å². The van der Waals surface area contributed by atoms with Gasteiger partial charge in [0.2, 0.25) is 11.8 Å². The highest BCUT2D eigenvalue weighted by molar-refractivity contribution is 7.99. The van der Waals surface area contributed by atoms with Crippen molar-refractivity contribution < 1.29 is 18.7 Å². The summed E-state index contributed by atoms with van der Waals surface area (Å²) in [4.78, 5) is 12.3. The minimum Gasteiger partial charge on any atom is -0.490 e. The van der Waals surface area contributed by atoms with Crippen LogP contribution >= 0.6 is 11.8 Å². The highest BCUT2D eigenvalue weighted by Crippen LogP contribution is 2.31. The largest absolute Gasteiger partial charge is 0.490 e. The van der Waals surface area contributed by atoms with E-state index in [1.165, 1.54) is 11.8 Å². The predicted octanol–water partition coefficient (Wildman–Crippen LogP) is 4.57. The summed E-state index contributed by atoms with van der Waals surface area (Å²) in [7, 11) is 0. The molecule has 7 nitrogen and oxygen atoms in total. The minimum atomic E-state index is -0.183. The first-order valence-corrected chi connectivity index (χ1v) is 10.3. The Bertz CT molecular complexity index is 974. The molecule has 0 fully saturated rings. The number of ether oxygens (including phenoxy) is 2. The van der Waals surface area contributed by atoms with Gasteiger partial charge in [-0.05, 0) is 45.0 Å². The number of anilines is 1. The number of amides is 1. The number of benzene rings is 2. The van der Waals surface area contributed by atoms with Crippen molar-refractivity contribution >= 4 is 23.4 Å². The Morgan fingerprint density at radius 1 is 1.07 bits per heavy atom. The van der Waals surface area contributed by atoms with Crippen LogP contribution in [0.25, 0.3) is 11.5 Å². The monoisotopic (exact) mass is 413 g/mol. The van der Waals surface area contributed by atoms with Gasteiger partial charge in [0.1, 0.15) is 0 Å². The number of aromatic nitrogens is 2. The van der Waals surface area contributed by atoms with Gasteiger partial charge in [0.25, 0.3) is 5.22 Å². The molecule has 0 aliphatic rings. The highest BCUT2D eigenvalue weighted by atomic mass is 32.2. The van der Waals surface area contributed by atoms with Crippen LogP contribution in [-0.4, -0.2) is 35.1 Å². The quantitative estimate of drug-likeness (QED) is 0.514. The maximum absolute atomic E-state index is 12.3. The number of rotatable bonds is 9. The zero-order valence-corrected chi connectivity index (χ0v) is 17.4. The summed E-state index contributed by atoms with van der Waals surface area (Å²) in [6, 6.07) is 13.1. The van der Waals surface area contributed by atoms with E-state index in [1.54, 1.807) is 18.2 Å². The third kappa shape index (κ3) is 5.74. The number of hydrogen-bond donors (Lipinski definition) is 1. The minimum absolute atomic E-state index is 0.145. The van der Waals surface area contributed by atoms with Crippen molar-refractivity contribution in [2.75, 3.05) is 24.3 Å². The molecule has 3 rings (SSSR count). The molecule has 1 amide bonds. The van der Waals surface area contributed by atoms with Crippen LogP contribution in [0.5, 0.6) is 11.5 Å². The lowest BCUT2D eigenvalue weighted by Gasteiger charge is -2.12. The van der Waals surface area contributed by atoms with E-state index in [4.69, 9.17) is 13.9 Å². The molecule has 152 valence electrons. The van der Waals surface area contributed by atoms with Gasteiger partial charge in [-0.2, -0.15) is 0 Å². The SMILES string of the molecule is CCOc1ccc(NC(=O)CSc2nnc(-c3cccc(C)c3)o2)cc1OCC. The van der Waals surface area contributed by atoms with E-state index < -0.39 is 0 Å². The molecule has 0 radical (unpaired) electrons. The van der Waals surface area contributed by atoms with Gasteiger partial charge in [0.05, 0.1) is 19.0 Å². The second-order valence-corrected chi connectivity index (χ2v) is 7.03. The third-order valence-corrected chi connectivity index (χ3v) is 4.64. The van der Waals surface area contributed by atoms with Gasteiger partial charge in [0, 0.05) is 17.3 Å². The Labute approximate surface area is 173 Å². The predicted molar refractivity (Wildman–Crippen MR) is 113 cm³/mol. The smallest absolute Gasteiger partial charge is 0.277 e. The number of nitrogens with zero attached hydrogens (tertiary/aromatic N) is 2. The fourth-order valence-corrected chi connectivity index (χ4v) is 3.18. The molecule has 29 heavy (non-hydrogen) atoms. The maximum Gasteiger partial charge on any atom is 0.277 e. The fraction of sp³-hybridized carbons (Fsp3) is 0.286. The van der Waals surface area contributed by atoms with Crippen LogP contribution in [0.2, 0.25) is 0 Å². The molecule has 0 aliphatic heterocycles. The number of thioether (sulfide) groups is 1. The van der Waals surface area contributed by atoms with E-state index >= 15 is 0 Å². The van der Waals surface area contributed by atoms with Crippen molar-refractivity contribution in [3.8, 4) is 23.0 Å². The van der Waals surface area contributed by atoms with Crippen LogP contribution in [0.4, 0.5) is 5.69 Å². The summed E-state index contributed by atoms with van der Waals surface area (Å²) in [5.74, 6) is 1.64. The molecule has 0 saturated carbocycles. The molecule has 0 bridgehead atoms. The molecule has 1 aromatic heterocycles. The lowest BCUT2D eigenvalue weighted by molar-refractivity contribution is -0.113. The van der Waals surface area contributed by atoms with Gasteiger partial charge in [-0.3, -0.25) is 4.79 Å². The van der Waals surface area contributed by atoms with Crippen molar-refractivity contribution in [2.45, 2.75) is 26.0 Å². The Kier molecular flexibility index (Phi) is 7.13. The zero-order chi connectivity index (χ0) is 20.6. The summed E-state index contributed by atoms with van der Waals surface area (Å²) in [6.45, 7) is 6.85. The molecule has 0 aliphatic carbocycles. The Balaban J connectivity index is 1.58. The van der Waals surface area contributed by atoms with Gasteiger partial charge in [-0.25, -0.2) is 0 Å². The lowest BCUT2D eigenvalue weighted by atomic mass is 10.1. The standard InChI is InChI=1S/C21H23N3O4S/c1-4-26-17-10-9-16(12-18(17)27-5-2)22-19(25)13-29-21-24-23-20(28-21)15-8-6-7-14(3)11-15/h6-12H,4-5,13H2,1-3H3,(H,22,25). The van der Waals surface area contributed by atoms with Crippen molar-refractivity contribution in [2.24, 2.45) is 0 Å². The number of carbonyl (C=O) groups is 1. The molecule has 0 saturated heterocycles. The fourth-order valence-electron chi connectivity index (χ4n) is 2.62. The van der Waals surface area contributed by atoms with Crippen LogP contribution in [0, 0.1) is 6.92 Å². The highest BCUT2D eigenvalue weighted by Gasteiger charge is 2.13. The van der Waals surface area contributed by atoms with Crippen LogP contribution in [0.3, 0.4) is 0 Å². The van der Waals surface area contributed by atoms with Crippen LogP contribution in [0.15, 0.2) is 52.1 Å². The third-order valence-electron chi connectivity index (χ3n) is 3.83. The van der Waals surface area contributed by atoms with Gasteiger partial charge < -0.3 is 19.2 Å². The molecule has 0 spiro atoms. The second kappa shape index (κ2) is 9.97. The molecule has 2 aromatic carbocycles. The van der Waals surface area contributed by atoms with Crippen LogP contribution < -0.4 is 14.8 Å². The second-order valence-electron chi connectivity index (χ2n) is 6.11. The van der Waals surface area contributed by atoms with Gasteiger partial charge in [-0.1, -0.05) is 29.5 Å². The van der Waals surface area contributed by atoms with Gasteiger partial charge >= 0.3 is 0 Å². The van der Waals surface area contributed by atoms with E-state index in [0.29, 0.717) is 41.5 Å². The first-order valence-electron chi connectivity index (χ1n) is 9.32. The Morgan fingerprint density at radius 2 is 1.86 bits per heavy atom. The van der Waals surface area contributed by atoms with E-state index in [9.17, 15) is 4.79 Å². The van der Waals surface area contributed by atoms with Crippen LogP contribution in [-0.2, 0) is 4.79 Å². The van der Waals surface area contributed by atoms with Crippen molar-refractivity contribution in [1.82, 2.24) is 10.2 Å². The first-order chi connectivity index (χ1) is 14.1. The molecule has 1 heterocycles. The molecule has 1 N–H and O–H groups in total. The van der Waals surface area contributed by atoms with E-state index in [0.717, 1.165) is 11.1 Å². The summed E-state index contributed by atoms with van der Waals surface area (Å²) in [5, 5.41) is 11.2. The van der Waals surface area contributed by atoms with Crippen molar-refractivity contribution in [3.63, 3.8) is 0 Å². The van der Waals surface area contributed by atoms with Crippen molar-refractivity contribution in [1.29, 1.82) is 0 Å². The molecule has 8 heteroatoms. The van der Waals surface area contributed by atoms with Gasteiger partial charge in [0.15, 0.2) is 11.5 Å². The lowest BCUT2D eigenvalue weighted by Crippen LogP contribution is -2.14. The molecule has 0 atom stereocenters. The molecular formula is C21H23N3O4S. The van der Waals surface area contributed by atoms with Crippen molar-refractivity contribution in [3.05, 3.63) is 48.0 Å². The molecular weight excluding hydrogens is 390 g/mol. The summed E-state index contributed by atoms with van der Waals surface area (Å²) >= 11 is 1.18. The molecule has 0 unspecified atom stereocenters. The van der Waals surface area contributed by atoms with Gasteiger partial charge in [-0.15, -0.1) is 10.2 Å². The normalized spacial score (nSPS) is 10.6. The number of nitrogens with one attached hydrogen (secondary N) is 1. The summed E-state index contributed by atoms with van der Waals surface area (Å²) in [6.07, 6.45) is 0. The van der Waals surface area contributed by atoms with E-state index in [-0.39, 0.29) is 11.7 Å². The maximum atomic E-state index is 12.3. The summed E-state index contributed by atoms with van der Waals surface area (Å²) < 4.78 is 16.8. The Morgan fingerprint density at radius 3 is 2.62 bits per heavy atom. The number of aryl methyl sites for hydroxylation is 1. The summed E-state index contributed by atoms with van der Waals surface area (Å²) in [5.41, 5.74) is 2.59. The molecule has 3 aromatic rings. The number of hydrogen-bond acceptors (Lipinski definition) is 7. The first kappa shape index (κ1) is 20.7. The van der Waals surface area contributed by atoms with E-state index in [1.807, 2.05) is 45.0 Å². The number of carbonyl (C=O) groups excluding carboxylic acids is 1. The van der Waals surface area contributed by atoms with Crippen LogP contribution in [0.1, 0.15) is 19.4 Å².